The van der Waals surface area contributed by atoms with E-state index in [0.29, 0.717) is 0 Å². The number of hydrogen-bond donors (Lipinski definition) is 2. The molecule has 29 heavy (non-hydrogen) atoms. The van der Waals surface area contributed by atoms with Gasteiger partial charge in [-0.1, -0.05) is 23.3 Å². The smallest absolute Gasteiger partial charge is 0.344 e. The lowest BCUT2D eigenvalue weighted by Crippen LogP contribution is -2.57. The Morgan fingerprint density at radius 3 is 2.97 bits per heavy atom. The molecule has 10 nitrogen and oxygen atoms in total. The van der Waals surface area contributed by atoms with Gasteiger partial charge in [0.15, 0.2) is 0 Å². The fourth-order valence-corrected chi connectivity index (χ4v) is 3.67. The number of para-hydroxylation sites is 1. The van der Waals surface area contributed by atoms with Crippen molar-refractivity contribution >= 4 is 23.0 Å². The summed E-state index contributed by atoms with van der Waals surface area (Å²) in [7, 11) is 0. The second-order valence-electron chi connectivity index (χ2n) is 6.92. The number of aromatic nitrogens is 4. The minimum atomic E-state index is -0.438. The largest absolute Gasteiger partial charge is 0.397 e. The predicted molar refractivity (Wildman–Crippen MR) is 106 cm³/mol. The molecule has 0 aliphatic carbocycles. The van der Waals surface area contributed by atoms with Gasteiger partial charge in [0.05, 0.1) is 23.8 Å². The number of fused-ring (bicyclic) bond motifs is 1. The standard InChI is InChI=1S/C19H20N8O2/c28-17(23-14-12-21-6-5-16(14)26-9-7-20-8-10-26)18-24-25-19(29-18)27-15-4-2-1-3-13(15)11-22-27/h1-6,11-12,14,16,20H,7-10H2,(H,23,28). The zero-order valence-corrected chi connectivity index (χ0v) is 15.6. The SMILES string of the molecule is O=C(NC1C=NC=CC1N1CCNCC1)c1nnc(-n2ncc3ccccc32)o1. The van der Waals surface area contributed by atoms with E-state index in [9.17, 15) is 4.79 Å². The van der Waals surface area contributed by atoms with Gasteiger partial charge in [-0.15, -0.1) is 5.10 Å². The molecular formula is C19H20N8O2. The van der Waals surface area contributed by atoms with Crippen molar-refractivity contribution in [1.82, 2.24) is 35.5 Å². The maximum Gasteiger partial charge on any atom is 0.344 e. The van der Waals surface area contributed by atoms with Gasteiger partial charge in [-0.25, -0.2) is 0 Å². The van der Waals surface area contributed by atoms with Crippen molar-refractivity contribution in [3.05, 3.63) is 48.6 Å². The molecule has 0 bridgehead atoms. The molecule has 3 aromatic rings. The first-order valence-electron chi connectivity index (χ1n) is 9.52. The molecule has 2 N–H and O–H groups in total. The Balaban J connectivity index is 1.33. The van der Waals surface area contributed by atoms with Gasteiger partial charge in [-0.2, -0.15) is 9.78 Å². The van der Waals surface area contributed by atoms with Crippen LogP contribution in [0.4, 0.5) is 0 Å². The number of nitrogens with zero attached hydrogens (tertiary/aromatic N) is 6. The Hall–Kier alpha value is -3.37. The van der Waals surface area contributed by atoms with E-state index in [-0.39, 0.29) is 24.0 Å². The van der Waals surface area contributed by atoms with Crippen molar-refractivity contribution in [3.63, 3.8) is 0 Å². The molecule has 1 saturated heterocycles. The third-order valence-corrected chi connectivity index (χ3v) is 5.12. The van der Waals surface area contributed by atoms with Crippen LogP contribution in [0.3, 0.4) is 0 Å². The predicted octanol–water partition coefficient (Wildman–Crippen LogP) is 0.379. The minimum absolute atomic E-state index is 0.0380. The van der Waals surface area contributed by atoms with Crippen LogP contribution in [0.2, 0.25) is 0 Å². The Labute approximate surface area is 166 Å². The van der Waals surface area contributed by atoms with Crippen LogP contribution in [0, 0.1) is 0 Å². The van der Waals surface area contributed by atoms with E-state index in [4.69, 9.17) is 4.42 Å². The number of carbonyl (C=O) groups excluding carboxylic acids is 1. The van der Waals surface area contributed by atoms with Crippen LogP contribution in [0.25, 0.3) is 16.9 Å². The van der Waals surface area contributed by atoms with Crippen molar-refractivity contribution in [2.45, 2.75) is 12.1 Å². The second-order valence-corrected chi connectivity index (χ2v) is 6.92. The maximum absolute atomic E-state index is 12.7. The summed E-state index contributed by atoms with van der Waals surface area (Å²) in [5.41, 5.74) is 0.825. The van der Waals surface area contributed by atoms with Crippen molar-refractivity contribution in [3.8, 4) is 6.01 Å². The lowest BCUT2D eigenvalue weighted by molar-refractivity contribution is 0.0889. The Morgan fingerprint density at radius 1 is 1.21 bits per heavy atom. The summed E-state index contributed by atoms with van der Waals surface area (Å²) in [6.07, 6.45) is 7.22. The number of aliphatic imine (C=N–C) groups is 1. The third kappa shape index (κ3) is 3.43. The van der Waals surface area contributed by atoms with Crippen molar-refractivity contribution in [2.75, 3.05) is 26.2 Å². The van der Waals surface area contributed by atoms with Crippen LogP contribution in [0.15, 0.2) is 52.1 Å². The van der Waals surface area contributed by atoms with E-state index in [2.05, 4.69) is 35.8 Å². The third-order valence-electron chi connectivity index (χ3n) is 5.12. The molecule has 0 radical (unpaired) electrons. The second kappa shape index (κ2) is 7.57. The highest BCUT2D eigenvalue weighted by Crippen LogP contribution is 2.17. The molecule has 0 saturated carbocycles. The van der Waals surface area contributed by atoms with Crippen molar-refractivity contribution in [2.24, 2.45) is 4.99 Å². The number of rotatable bonds is 4. The number of benzene rings is 1. The average Bonchev–Trinajstić information content (AvgIpc) is 3.42. The summed E-state index contributed by atoms with van der Waals surface area (Å²) in [6.45, 7) is 3.67. The molecule has 10 heteroatoms. The molecule has 2 aliphatic heterocycles. The first-order valence-corrected chi connectivity index (χ1v) is 9.52. The molecule has 2 aromatic heterocycles. The van der Waals surface area contributed by atoms with Gasteiger partial charge >= 0.3 is 17.8 Å². The summed E-state index contributed by atoms with van der Waals surface area (Å²) < 4.78 is 7.12. The van der Waals surface area contributed by atoms with Crippen LogP contribution in [-0.2, 0) is 0 Å². The molecule has 2 aliphatic rings. The van der Waals surface area contributed by atoms with Gasteiger partial charge in [-0.3, -0.25) is 14.7 Å². The number of amides is 1. The van der Waals surface area contributed by atoms with Crippen LogP contribution in [0.5, 0.6) is 0 Å². The van der Waals surface area contributed by atoms with Gasteiger partial charge in [0, 0.05) is 44.0 Å². The van der Waals surface area contributed by atoms with E-state index in [1.807, 2.05) is 30.3 Å². The molecule has 2 atom stereocenters. The minimum Gasteiger partial charge on any atom is -0.397 e. The fraction of sp³-hybridized carbons (Fsp3) is 0.316. The van der Waals surface area contributed by atoms with E-state index in [1.165, 1.54) is 4.68 Å². The highest BCUT2D eigenvalue weighted by molar-refractivity contribution is 5.92. The zero-order valence-electron chi connectivity index (χ0n) is 15.6. The molecule has 148 valence electrons. The summed E-state index contributed by atoms with van der Waals surface area (Å²) >= 11 is 0. The van der Waals surface area contributed by atoms with Crippen LogP contribution in [0.1, 0.15) is 10.7 Å². The molecule has 4 heterocycles. The number of piperazine rings is 1. The molecule has 2 unspecified atom stereocenters. The van der Waals surface area contributed by atoms with Crippen molar-refractivity contribution < 1.29 is 9.21 Å². The average molecular weight is 392 g/mol. The number of hydrogen-bond acceptors (Lipinski definition) is 8. The Bertz CT molecular complexity index is 1080. The zero-order chi connectivity index (χ0) is 19.6. The number of carbonyl (C=O) groups is 1. The molecule has 1 amide bonds. The summed E-state index contributed by atoms with van der Waals surface area (Å²) in [5.74, 6) is -0.548. The van der Waals surface area contributed by atoms with Gasteiger partial charge in [0.25, 0.3) is 0 Å². The lowest BCUT2D eigenvalue weighted by Gasteiger charge is -2.37. The molecule has 0 spiro atoms. The van der Waals surface area contributed by atoms with E-state index >= 15 is 0 Å². The van der Waals surface area contributed by atoms with Gasteiger partial charge in [-0.05, 0) is 12.1 Å². The highest BCUT2D eigenvalue weighted by Gasteiger charge is 2.30. The summed E-state index contributed by atoms with van der Waals surface area (Å²) in [4.78, 5) is 19.2. The normalized spacial score (nSPS) is 22.2. The number of nitrogens with one attached hydrogen (secondary N) is 2. The Morgan fingerprint density at radius 2 is 2.07 bits per heavy atom. The molecule has 1 fully saturated rings. The van der Waals surface area contributed by atoms with Gasteiger partial charge in [0.1, 0.15) is 0 Å². The van der Waals surface area contributed by atoms with Crippen LogP contribution >= 0.6 is 0 Å². The monoisotopic (exact) mass is 392 g/mol. The molecule has 1 aromatic carbocycles. The first kappa shape index (κ1) is 17.7. The summed E-state index contributed by atoms with van der Waals surface area (Å²) in [5, 5.41) is 19.4. The molecule has 5 rings (SSSR count). The van der Waals surface area contributed by atoms with Gasteiger partial charge in [0.2, 0.25) is 0 Å². The van der Waals surface area contributed by atoms with E-state index in [1.54, 1.807) is 18.6 Å². The maximum atomic E-state index is 12.7. The van der Waals surface area contributed by atoms with Crippen LogP contribution < -0.4 is 10.6 Å². The molecular weight excluding hydrogens is 372 g/mol. The van der Waals surface area contributed by atoms with Gasteiger partial charge < -0.3 is 15.1 Å². The lowest BCUT2D eigenvalue weighted by atomic mass is 10.0. The van der Waals surface area contributed by atoms with Crippen molar-refractivity contribution in [1.29, 1.82) is 0 Å². The quantitative estimate of drug-likeness (QED) is 0.660. The van der Waals surface area contributed by atoms with E-state index in [0.717, 1.165) is 37.1 Å². The van der Waals surface area contributed by atoms with E-state index < -0.39 is 5.91 Å². The van der Waals surface area contributed by atoms with Crippen LogP contribution in [-0.4, -0.2) is 75.3 Å². The topological polar surface area (TPSA) is 113 Å². The highest BCUT2D eigenvalue weighted by atomic mass is 16.4. The fourth-order valence-electron chi connectivity index (χ4n) is 3.67. The first-order chi connectivity index (χ1) is 14.3. The Kier molecular flexibility index (Phi) is 4.62. The summed E-state index contributed by atoms with van der Waals surface area (Å²) in [6, 6.07) is 7.58.